The second-order valence-corrected chi connectivity index (χ2v) is 7.10. The van der Waals surface area contributed by atoms with Crippen molar-refractivity contribution in [2.75, 3.05) is 13.7 Å². The minimum Gasteiger partial charge on any atom is -0.484 e. The fraction of sp³-hybridized carbons (Fsp3) is 0.579. The van der Waals surface area contributed by atoms with Gasteiger partial charge in [0, 0.05) is 25.2 Å². The van der Waals surface area contributed by atoms with E-state index in [9.17, 15) is 9.59 Å². The molecule has 6 nitrogen and oxygen atoms in total. The van der Waals surface area contributed by atoms with Crippen LogP contribution in [0.4, 0.5) is 0 Å². The van der Waals surface area contributed by atoms with Gasteiger partial charge in [0.1, 0.15) is 11.8 Å². The first-order valence-corrected chi connectivity index (χ1v) is 9.03. The fourth-order valence-electron chi connectivity index (χ4n) is 3.84. The number of hydrogen-bond donors (Lipinski definition) is 2. The van der Waals surface area contributed by atoms with E-state index in [-0.39, 0.29) is 24.5 Å². The molecule has 2 bridgehead atoms. The van der Waals surface area contributed by atoms with E-state index in [0.29, 0.717) is 17.8 Å². The van der Waals surface area contributed by atoms with Crippen LogP contribution >= 0.6 is 0 Å². The van der Waals surface area contributed by atoms with Crippen molar-refractivity contribution in [3.63, 3.8) is 0 Å². The van der Waals surface area contributed by atoms with Crippen LogP contribution in [0.15, 0.2) is 30.3 Å². The highest BCUT2D eigenvalue weighted by Gasteiger charge is 2.37. The van der Waals surface area contributed by atoms with E-state index in [1.165, 1.54) is 12.8 Å². The molecule has 3 rings (SSSR count). The fourth-order valence-corrected chi connectivity index (χ4v) is 3.84. The summed E-state index contributed by atoms with van der Waals surface area (Å²) in [7, 11) is 1.85. The Morgan fingerprint density at radius 2 is 1.88 bits per heavy atom. The summed E-state index contributed by atoms with van der Waals surface area (Å²) in [5.74, 6) is 0.307. The molecule has 2 aliphatic rings. The summed E-state index contributed by atoms with van der Waals surface area (Å²) in [6, 6.07) is 9.93. The van der Waals surface area contributed by atoms with E-state index in [4.69, 9.17) is 4.74 Å². The van der Waals surface area contributed by atoms with E-state index in [0.717, 1.165) is 12.8 Å². The number of nitrogens with one attached hydrogen (secondary N) is 2. The highest BCUT2D eigenvalue weighted by atomic mass is 16.5. The molecule has 0 saturated carbocycles. The van der Waals surface area contributed by atoms with Gasteiger partial charge in [0.2, 0.25) is 5.91 Å². The Kier molecular flexibility index (Phi) is 5.58. The lowest BCUT2D eigenvalue weighted by molar-refractivity contribution is -0.137. The monoisotopic (exact) mass is 345 g/mol. The number of fused-ring (bicyclic) bond motifs is 2. The number of hydrogen-bond acceptors (Lipinski definition) is 4. The third-order valence-corrected chi connectivity index (χ3v) is 5.20. The molecule has 0 aromatic heterocycles. The topological polar surface area (TPSA) is 70.7 Å². The van der Waals surface area contributed by atoms with Gasteiger partial charge in [-0.25, -0.2) is 0 Å². The van der Waals surface area contributed by atoms with Crippen molar-refractivity contribution in [2.45, 2.75) is 56.8 Å². The zero-order chi connectivity index (χ0) is 17.8. The molecular weight excluding hydrogens is 318 g/mol. The van der Waals surface area contributed by atoms with Crippen LogP contribution in [0.1, 0.15) is 32.6 Å². The first-order valence-electron chi connectivity index (χ1n) is 9.03. The molecule has 0 aliphatic carbocycles. The summed E-state index contributed by atoms with van der Waals surface area (Å²) < 4.78 is 5.42. The Balaban J connectivity index is 1.45. The number of carbonyl (C=O) groups is 2. The number of carbonyl (C=O) groups excluding carboxylic acids is 2. The second kappa shape index (κ2) is 7.87. The van der Waals surface area contributed by atoms with Crippen LogP contribution in [0.3, 0.4) is 0 Å². The molecule has 2 aliphatic heterocycles. The van der Waals surface area contributed by atoms with Gasteiger partial charge >= 0.3 is 0 Å². The molecule has 3 unspecified atom stereocenters. The molecule has 2 saturated heterocycles. The van der Waals surface area contributed by atoms with E-state index in [1.54, 1.807) is 19.1 Å². The lowest BCUT2D eigenvalue weighted by atomic mass is 9.98. The van der Waals surface area contributed by atoms with Crippen LogP contribution in [-0.4, -0.2) is 54.5 Å². The average Bonchev–Trinajstić information content (AvgIpc) is 2.97. The number of piperidine rings is 1. The molecule has 3 atom stereocenters. The Morgan fingerprint density at radius 1 is 1.24 bits per heavy atom. The van der Waals surface area contributed by atoms with Crippen LogP contribution in [0.2, 0.25) is 0 Å². The smallest absolute Gasteiger partial charge is 0.258 e. The highest BCUT2D eigenvalue weighted by Crippen LogP contribution is 2.29. The van der Waals surface area contributed by atoms with Crippen LogP contribution in [-0.2, 0) is 9.59 Å². The van der Waals surface area contributed by atoms with Crippen molar-refractivity contribution in [1.82, 2.24) is 15.5 Å². The normalized spacial score (nSPS) is 25.9. The first kappa shape index (κ1) is 17.7. The third-order valence-electron chi connectivity index (χ3n) is 5.20. The Bertz CT molecular complexity index is 595. The number of likely N-dealkylation sites (N-methyl/N-ethyl adjacent to an activating group) is 1. The van der Waals surface area contributed by atoms with Gasteiger partial charge in [-0.05, 0) is 44.7 Å². The quantitative estimate of drug-likeness (QED) is 0.816. The van der Waals surface area contributed by atoms with Crippen molar-refractivity contribution < 1.29 is 14.3 Å². The summed E-state index contributed by atoms with van der Waals surface area (Å²) >= 11 is 0. The lowest BCUT2D eigenvalue weighted by Crippen LogP contribution is -2.53. The molecule has 1 aromatic carbocycles. The maximum atomic E-state index is 12.6. The van der Waals surface area contributed by atoms with Crippen molar-refractivity contribution in [2.24, 2.45) is 0 Å². The van der Waals surface area contributed by atoms with Crippen molar-refractivity contribution in [3.05, 3.63) is 30.3 Å². The molecule has 2 fully saturated rings. The Labute approximate surface area is 148 Å². The highest BCUT2D eigenvalue weighted by molar-refractivity contribution is 5.87. The van der Waals surface area contributed by atoms with Crippen LogP contribution in [0, 0.1) is 0 Å². The van der Waals surface area contributed by atoms with Crippen molar-refractivity contribution in [1.29, 1.82) is 0 Å². The predicted molar refractivity (Wildman–Crippen MR) is 95.3 cm³/mol. The van der Waals surface area contributed by atoms with Gasteiger partial charge in [0.25, 0.3) is 5.91 Å². The second-order valence-electron chi connectivity index (χ2n) is 7.10. The standard InChI is InChI=1S/C19H27N3O3/c1-13(20-18(23)12-25-17-6-4-3-5-7-17)19(24)22(2)16-10-14-8-9-15(11-16)21-14/h3-7,13-16,21H,8-12H2,1-2H3,(H,20,23). The van der Waals surface area contributed by atoms with Crippen LogP contribution < -0.4 is 15.4 Å². The van der Waals surface area contributed by atoms with Crippen LogP contribution in [0.5, 0.6) is 5.75 Å². The molecule has 0 spiro atoms. The van der Waals surface area contributed by atoms with Crippen molar-refractivity contribution >= 4 is 11.8 Å². The lowest BCUT2D eigenvalue weighted by Gasteiger charge is -2.36. The molecule has 6 heteroatoms. The molecule has 0 radical (unpaired) electrons. The third kappa shape index (κ3) is 4.51. The van der Waals surface area contributed by atoms with E-state index in [2.05, 4.69) is 10.6 Å². The average molecular weight is 345 g/mol. The molecule has 2 amide bonds. The van der Waals surface area contributed by atoms with Gasteiger partial charge < -0.3 is 20.3 Å². The summed E-state index contributed by atoms with van der Waals surface area (Å²) in [4.78, 5) is 26.5. The summed E-state index contributed by atoms with van der Waals surface area (Å²) in [6.45, 7) is 1.64. The zero-order valence-electron chi connectivity index (χ0n) is 14.9. The number of benzene rings is 1. The van der Waals surface area contributed by atoms with Crippen LogP contribution in [0.25, 0.3) is 0 Å². The Morgan fingerprint density at radius 3 is 2.52 bits per heavy atom. The number of nitrogens with zero attached hydrogens (tertiary/aromatic N) is 1. The van der Waals surface area contributed by atoms with Gasteiger partial charge in [-0.1, -0.05) is 18.2 Å². The number of para-hydroxylation sites is 1. The maximum Gasteiger partial charge on any atom is 0.258 e. The molecule has 136 valence electrons. The minimum absolute atomic E-state index is 0.0423. The summed E-state index contributed by atoms with van der Waals surface area (Å²) in [6.07, 6.45) is 4.39. The van der Waals surface area contributed by atoms with E-state index < -0.39 is 6.04 Å². The van der Waals surface area contributed by atoms with Crippen molar-refractivity contribution in [3.8, 4) is 5.75 Å². The van der Waals surface area contributed by atoms with Gasteiger partial charge in [0.15, 0.2) is 6.61 Å². The summed E-state index contributed by atoms with van der Waals surface area (Å²) in [5.41, 5.74) is 0. The molecule has 2 N–H and O–H groups in total. The van der Waals surface area contributed by atoms with Gasteiger partial charge in [-0.15, -0.1) is 0 Å². The molecular formula is C19H27N3O3. The minimum atomic E-state index is -0.551. The predicted octanol–water partition coefficient (Wildman–Crippen LogP) is 1.31. The summed E-state index contributed by atoms with van der Waals surface area (Å²) in [5, 5.41) is 6.32. The van der Waals surface area contributed by atoms with E-state index >= 15 is 0 Å². The molecule has 1 aromatic rings. The largest absolute Gasteiger partial charge is 0.484 e. The number of ether oxygens (including phenoxy) is 1. The van der Waals surface area contributed by atoms with E-state index in [1.807, 2.05) is 30.1 Å². The number of rotatable bonds is 6. The van der Waals surface area contributed by atoms with Gasteiger partial charge in [0.05, 0.1) is 0 Å². The van der Waals surface area contributed by atoms with Gasteiger partial charge in [-0.3, -0.25) is 9.59 Å². The maximum absolute atomic E-state index is 12.6. The number of amides is 2. The molecule has 25 heavy (non-hydrogen) atoms. The Hall–Kier alpha value is -2.08. The SMILES string of the molecule is CC(NC(=O)COc1ccccc1)C(=O)N(C)C1CC2CCC(C1)N2. The molecule has 2 heterocycles. The van der Waals surface area contributed by atoms with Gasteiger partial charge in [-0.2, -0.15) is 0 Å². The first-order chi connectivity index (χ1) is 12.0. The zero-order valence-corrected chi connectivity index (χ0v) is 14.9.